The average molecular weight is 1110 g/mol. The molecule has 3 nitrogen and oxygen atoms in total. The van der Waals surface area contributed by atoms with E-state index < -0.39 is 0 Å². The van der Waals surface area contributed by atoms with Gasteiger partial charge in [-0.25, -0.2) is 0 Å². The lowest BCUT2D eigenvalue weighted by molar-refractivity contribution is 0.590. The van der Waals surface area contributed by atoms with E-state index in [9.17, 15) is 0 Å². The lowest BCUT2D eigenvalue weighted by Gasteiger charge is -2.45. The molecule has 2 aliphatic rings. The molecule has 0 amide bonds. The Labute approximate surface area is 510 Å². The van der Waals surface area contributed by atoms with E-state index in [-0.39, 0.29) is 28.4 Å². The number of rotatable bonds is 7. The smallest absolute Gasteiger partial charge is 0.252 e. The van der Waals surface area contributed by atoms with E-state index in [2.05, 4.69) is 340 Å². The van der Waals surface area contributed by atoms with Crippen molar-refractivity contribution in [3.8, 4) is 50.2 Å². The molecule has 12 aromatic rings. The Hall–Kier alpha value is -9.12. The van der Waals surface area contributed by atoms with Crippen molar-refractivity contribution in [2.45, 2.75) is 105 Å². The molecular weight excluding hydrogens is 1040 g/mol. The van der Waals surface area contributed by atoms with Crippen LogP contribution in [0.2, 0.25) is 0 Å². The molecule has 0 saturated heterocycles. The van der Waals surface area contributed by atoms with Gasteiger partial charge in [-0.1, -0.05) is 253 Å². The van der Waals surface area contributed by atoms with Gasteiger partial charge < -0.3 is 14.4 Å². The fraction of sp³-hybridized carbons (Fsp3) is 0.195. The normalized spacial score (nSPS) is 13.3. The van der Waals surface area contributed by atoms with E-state index in [0.29, 0.717) is 0 Å². The van der Waals surface area contributed by atoms with E-state index in [4.69, 9.17) is 0 Å². The summed E-state index contributed by atoms with van der Waals surface area (Å²) in [5.41, 5.74) is 28.6. The van der Waals surface area contributed by atoms with Crippen molar-refractivity contribution in [2.75, 3.05) is 9.80 Å². The second-order valence-electron chi connectivity index (χ2n) is 28.3. The van der Waals surface area contributed by atoms with Crippen LogP contribution < -0.4 is 26.2 Å². The molecule has 0 bridgehead atoms. The maximum absolute atomic E-state index is 2.64. The van der Waals surface area contributed by atoms with Crippen molar-refractivity contribution in [2.24, 2.45) is 0 Å². The van der Waals surface area contributed by atoms with Crippen molar-refractivity contribution in [3.05, 3.63) is 265 Å². The topological polar surface area (TPSA) is 11.4 Å². The summed E-state index contributed by atoms with van der Waals surface area (Å²) in [6.07, 6.45) is 0. The number of hydrogen-bond donors (Lipinski definition) is 0. The first-order valence-electron chi connectivity index (χ1n) is 30.8. The van der Waals surface area contributed by atoms with E-state index >= 15 is 0 Å². The summed E-state index contributed by atoms with van der Waals surface area (Å²) < 4.78 is 2.61. The predicted molar refractivity (Wildman–Crippen MR) is 371 cm³/mol. The van der Waals surface area contributed by atoms with Gasteiger partial charge in [-0.3, -0.25) is 0 Å². The summed E-state index contributed by atoms with van der Waals surface area (Å²) in [5.74, 6) is 0. The van der Waals surface area contributed by atoms with E-state index in [1.165, 1.54) is 116 Å². The summed E-state index contributed by atoms with van der Waals surface area (Å²) in [4.78, 5) is 5.28. The molecule has 2 aliphatic heterocycles. The number of fused-ring (bicyclic) bond motifs is 7. The lowest BCUT2D eigenvalue weighted by atomic mass is 9.33. The van der Waals surface area contributed by atoms with Gasteiger partial charge in [0.1, 0.15) is 0 Å². The standard InChI is InChI=1S/C82H76BN3/c1-79(2,3)61-35-39-72-70(47-61)83-71-48-62(80(4,5)6)36-40-73(71)85(66-45-59(55-29-21-15-22-30-55)42-60(46-66)56-31-23-16-24-32-56)77-52-67(86-74-49-63(81(7,8)9)33-37-68(74)69-38-34-64(50-75(69)86)82(10,11)12)51-76(78(77)83)84(72)65-43-57(53-25-17-13-18-26-53)41-58(44-65)54-27-19-14-20-28-54/h13-52H,1-12H3. The van der Waals surface area contributed by atoms with Gasteiger partial charge in [0, 0.05) is 44.9 Å². The third kappa shape index (κ3) is 9.55. The minimum atomic E-state index is -0.119. The number of benzene rings is 11. The van der Waals surface area contributed by atoms with Gasteiger partial charge in [-0.05, 0) is 178 Å². The largest absolute Gasteiger partial charge is 0.311 e. The van der Waals surface area contributed by atoms with E-state index in [1.807, 2.05) is 0 Å². The van der Waals surface area contributed by atoms with Crippen molar-refractivity contribution in [1.82, 2.24) is 4.57 Å². The summed E-state index contributed by atoms with van der Waals surface area (Å²) in [7, 11) is 0. The third-order valence-corrected chi connectivity index (χ3v) is 18.3. The first kappa shape index (κ1) is 54.8. The molecule has 0 spiro atoms. The first-order valence-corrected chi connectivity index (χ1v) is 30.8. The van der Waals surface area contributed by atoms with Gasteiger partial charge in [0.15, 0.2) is 0 Å². The highest BCUT2D eigenvalue weighted by Crippen LogP contribution is 2.50. The molecule has 11 aromatic carbocycles. The third-order valence-electron chi connectivity index (χ3n) is 18.3. The molecule has 0 unspecified atom stereocenters. The van der Waals surface area contributed by atoms with Gasteiger partial charge in [-0.15, -0.1) is 0 Å². The van der Waals surface area contributed by atoms with Gasteiger partial charge in [-0.2, -0.15) is 0 Å². The molecule has 0 saturated carbocycles. The number of hydrogen-bond acceptors (Lipinski definition) is 2. The van der Waals surface area contributed by atoms with Crippen LogP contribution in [-0.4, -0.2) is 11.3 Å². The Morgan fingerprint density at radius 3 is 0.872 bits per heavy atom. The summed E-state index contributed by atoms with van der Waals surface area (Å²) in [5, 5.41) is 2.50. The fourth-order valence-corrected chi connectivity index (χ4v) is 13.5. The van der Waals surface area contributed by atoms with Crippen LogP contribution in [0.3, 0.4) is 0 Å². The van der Waals surface area contributed by atoms with Crippen LogP contribution in [0.4, 0.5) is 34.1 Å². The summed E-state index contributed by atoms with van der Waals surface area (Å²) in [6.45, 7) is 28.0. The Morgan fingerprint density at radius 1 is 0.256 bits per heavy atom. The Balaban J connectivity index is 1.18. The van der Waals surface area contributed by atoms with E-state index in [0.717, 1.165) is 28.4 Å². The quantitative estimate of drug-likeness (QED) is 0.147. The predicted octanol–water partition coefficient (Wildman–Crippen LogP) is 20.7. The van der Waals surface area contributed by atoms with Crippen molar-refractivity contribution in [1.29, 1.82) is 0 Å². The van der Waals surface area contributed by atoms with Crippen LogP contribution in [0.5, 0.6) is 0 Å². The SMILES string of the molecule is CC(C)(C)c1ccc2c(c1)B1c3cc(C(C)(C)C)ccc3N(c3cc(-c4ccccc4)cc(-c4ccccc4)c3)c3cc(-n4c5cc(C(C)(C)C)ccc5c5ccc(C(C)(C)C)cc54)cc(c31)N2c1cc(-c2ccccc2)cc(-c2ccccc2)c1. The van der Waals surface area contributed by atoms with Gasteiger partial charge in [0.25, 0.3) is 6.71 Å². The maximum Gasteiger partial charge on any atom is 0.252 e. The highest BCUT2D eigenvalue weighted by molar-refractivity contribution is 7.00. The Kier molecular flexibility index (Phi) is 12.9. The van der Waals surface area contributed by atoms with Crippen LogP contribution in [0.15, 0.2) is 243 Å². The molecule has 86 heavy (non-hydrogen) atoms. The van der Waals surface area contributed by atoms with Gasteiger partial charge in [0.2, 0.25) is 0 Å². The zero-order valence-corrected chi connectivity index (χ0v) is 52.0. The molecule has 0 N–H and O–H groups in total. The van der Waals surface area contributed by atoms with Crippen molar-refractivity contribution in [3.63, 3.8) is 0 Å². The van der Waals surface area contributed by atoms with Crippen molar-refractivity contribution >= 4 is 79.0 Å². The molecule has 422 valence electrons. The Bertz CT molecular complexity index is 4200. The van der Waals surface area contributed by atoms with Crippen LogP contribution in [0.25, 0.3) is 72.0 Å². The fourth-order valence-electron chi connectivity index (χ4n) is 13.5. The number of anilines is 6. The average Bonchev–Trinajstić information content (AvgIpc) is 0.838. The second kappa shape index (κ2) is 20.3. The summed E-state index contributed by atoms with van der Waals surface area (Å²) in [6, 6.07) is 92.7. The zero-order valence-electron chi connectivity index (χ0n) is 52.0. The molecule has 0 radical (unpaired) electrons. The molecular formula is C82H76BN3. The van der Waals surface area contributed by atoms with Crippen LogP contribution in [0, 0.1) is 0 Å². The number of nitrogens with zero attached hydrogens (tertiary/aromatic N) is 3. The molecule has 4 heteroatoms. The molecule has 14 rings (SSSR count). The zero-order chi connectivity index (χ0) is 59.6. The van der Waals surface area contributed by atoms with Crippen molar-refractivity contribution < 1.29 is 0 Å². The van der Waals surface area contributed by atoms with Crippen LogP contribution in [0.1, 0.15) is 105 Å². The maximum atomic E-state index is 2.64. The second-order valence-corrected chi connectivity index (χ2v) is 28.3. The molecule has 3 heterocycles. The highest BCUT2D eigenvalue weighted by Gasteiger charge is 2.45. The summed E-state index contributed by atoms with van der Waals surface area (Å²) >= 11 is 0. The molecule has 1 aromatic heterocycles. The minimum Gasteiger partial charge on any atom is -0.311 e. The van der Waals surface area contributed by atoms with E-state index in [1.54, 1.807) is 0 Å². The van der Waals surface area contributed by atoms with Gasteiger partial charge >= 0.3 is 0 Å². The molecule has 0 aliphatic carbocycles. The highest BCUT2D eigenvalue weighted by atomic mass is 15.2. The Morgan fingerprint density at radius 2 is 0.558 bits per heavy atom. The minimum absolute atomic E-state index is 0.0829. The van der Waals surface area contributed by atoms with Crippen LogP contribution in [-0.2, 0) is 21.7 Å². The van der Waals surface area contributed by atoms with Crippen LogP contribution >= 0.6 is 0 Å². The number of aromatic nitrogens is 1. The lowest BCUT2D eigenvalue weighted by Crippen LogP contribution is -2.61. The monoisotopic (exact) mass is 1110 g/mol. The first-order chi connectivity index (χ1) is 41.2. The molecule has 0 atom stereocenters. The molecule has 0 fully saturated rings. The van der Waals surface area contributed by atoms with Gasteiger partial charge in [0.05, 0.1) is 16.7 Å².